The summed E-state index contributed by atoms with van der Waals surface area (Å²) in [5.74, 6) is -0.442. The van der Waals surface area contributed by atoms with E-state index in [1.54, 1.807) is 0 Å². The van der Waals surface area contributed by atoms with Crippen molar-refractivity contribution in [2.75, 3.05) is 11.5 Å². The molecule has 35 heavy (non-hydrogen) atoms. The predicted molar refractivity (Wildman–Crippen MR) is 137 cm³/mol. The maximum absolute atomic E-state index is 13.5. The Kier molecular flexibility index (Phi) is 6.14. The summed E-state index contributed by atoms with van der Waals surface area (Å²) < 4.78 is 6.26. The quantitative estimate of drug-likeness (QED) is 0.446. The van der Waals surface area contributed by atoms with Gasteiger partial charge in [0.1, 0.15) is 5.75 Å². The van der Waals surface area contributed by atoms with Gasteiger partial charge in [0, 0.05) is 5.92 Å². The molecule has 2 aromatic carbocycles. The van der Waals surface area contributed by atoms with Crippen molar-refractivity contribution in [2.45, 2.75) is 53.1 Å². The van der Waals surface area contributed by atoms with Crippen molar-refractivity contribution in [3.63, 3.8) is 0 Å². The van der Waals surface area contributed by atoms with Crippen molar-refractivity contribution >= 4 is 23.6 Å². The van der Waals surface area contributed by atoms with E-state index in [-0.39, 0.29) is 35.7 Å². The fraction of sp³-hybridized carbons (Fsp3) is 0.400. The van der Waals surface area contributed by atoms with Crippen LogP contribution in [0.5, 0.6) is 5.75 Å². The number of phenolic OH excluding ortho intramolecular Hbond substituents is 1. The van der Waals surface area contributed by atoms with Crippen molar-refractivity contribution in [1.29, 1.82) is 0 Å². The van der Waals surface area contributed by atoms with Crippen LogP contribution in [0.4, 0.5) is 5.69 Å². The Morgan fingerprint density at radius 3 is 2.43 bits per heavy atom. The van der Waals surface area contributed by atoms with Crippen LogP contribution in [-0.4, -0.2) is 29.6 Å². The molecule has 5 nitrogen and oxygen atoms in total. The number of aromatic hydroxyl groups is 1. The molecule has 2 heterocycles. The molecule has 2 aliphatic heterocycles. The van der Waals surface area contributed by atoms with Crippen LogP contribution in [0.15, 0.2) is 59.2 Å². The molecule has 0 spiro atoms. The van der Waals surface area contributed by atoms with Crippen LogP contribution < -0.4 is 4.90 Å². The number of ether oxygens (including phenoxy) is 1. The number of fused-ring (bicyclic) bond motifs is 3. The highest BCUT2D eigenvalue weighted by atomic mass is 16.5. The molecule has 1 N–H and O–H groups in total. The van der Waals surface area contributed by atoms with Gasteiger partial charge in [-0.15, -0.1) is 0 Å². The van der Waals surface area contributed by atoms with Crippen LogP contribution in [0.1, 0.15) is 49.8 Å². The number of allylic oxidation sites excluding steroid dienone is 2. The lowest BCUT2D eigenvalue weighted by Gasteiger charge is -2.30. The molecular weight excluding hydrogens is 438 g/mol. The number of carbonyl (C=O) groups is 2. The Labute approximate surface area is 207 Å². The van der Waals surface area contributed by atoms with E-state index in [2.05, 4.69) is 19.9 Å². The number of imide groups is 1. The smallest absolute Gasteiger partial charge is 0.238 e. The van der Waals surface area contributed by atoms with Gasteiger partial charge >= 0.3 is 0 Å². The van der Waals surface area contributed by atoms with Gasteiger partial charge in [0.05, 0.1) is 30.2 Å². The first-order valence-electron chi connectivity index (χ1n) is 12.5. The van der Waals surface area contributed by atoms with Gasteiger partial charge in [0.25, 0.3) is 0 Å². The zero-order chi connectivity index (χ0) is 24.9. The second-order valence-corrected chi connectivity index (χ2v) is 10.4. The third-order valence-electron chi connectivity index (χ3n) is 7.89. The highest BCUT2D eigenvalue weighted by molar-refractivity contribution is 6.22. The molecule has 0 saturated carbocycles. The highest BCUT2D eigenvalue weighted by Crippen LogP contribution is 2.50. The molecule has 0 bridgehead atoms. The Morgan fingerprint density at radius 2 is 1.74 bits per heavy atom. The van der Waals surface area contributed by atoms with Gasteiger partial charge in [-0.25, -0.2) is 0 Å². The molecule has 0 radical (unpaired) electrons. The van der Waals surface area contributed by atoms with E-state index in [9.17, 15) is 14.7 Å². The summed E-state index contributed by atoms with van der Waals surface area (Å²) in [7, 11) is 0. The third-order valence-corrected chi connectivity index (χ3v) is 7.89. The number of phenols is 1. The lowest BCUT2D eigenvalue weighted by molar-refractivity contribution is -0.122. The average molecular weight is 472 g/mol. The van der Waals surface area contributed by atoms with E-state index in [0.717, 1.165) is 29.5 Å². The Hall–Kier alpha value is -3.18. The second-order valence-electron chi connectivity index (χ2n) is 10.4. The average Bonchev–Trinajstić information content (AvgIpc) is 3.36. The number of hydrogen-bond acceptors (Lipinski definition) is 4. The van der Waals surface area contributed by atoms with Crippen molar-refractivity contribution in [2.24, 2.45) is 17.8 Å². The van der Waals surface area contributed by atoms with Gasteiger partial charge < -0.3 is 9.84 Å². The highest BCUT2D eigenvalue weighted by Gasteiger charge is 2.56. The maximum Gasteiger partial charge on any atom is 0.238 e. The molecule has 0 aromatic heterocycles. The number of rotatable bonds is 5. The van der Waals surface area contributed by atoms with Crippen molar-refractivity contribution < 1.29 is 19.4 Å². The van der Waals surface area contributed by atoms with Gasteiger partial charge in [-0.05, 0) is 93.5 Å². The molecule has 3 aliphatic rings. The number of anilines is 1. The lowest BCUT2D eigenvalue weighted by atomic mass is 9.70. The predicted octanol–water partition coefficient (Wildman–Crippen LogP) is 5.73. The standard InChI is InChI=1S/C30H33NO4/c1-17(12-21-13-19(3)28(32)20(4)14-21)10-11-25-26-18(2)15-23-27(24(26)16-35-25)30(34)31(29(23)33)22-8-6-5-7-9-22/h5-9,12-14,23-25,27,32H,10-11,15-16H2,1-4H3/b17-12+/t23-,24+,25-,27-/m1/s1. The first-order valence-corrected chi connectivity index (χ1v) is 12.5. The van der Waals surface area contributed by atoms with Crippen molar-refractivity contribution in [3.8, 4) is 5.75 Å². The van der Waals surface area contributed by atoms with Gasteiger partial charge in [-0.2, -0.15) is 0 Å². The number of nitrogens with zero attached hydrogens (tertiary/aromatic N) is 1. The molecule has 0 unspecified atom stereocenters. The monoisotopic (exact) mass is 471 g/mol. The van der Waals surface area contributed by atoms with Gasteiger partial charge in [0.15, 0.2) is 0 Å². The fourth-order valence-electron chi connectivity index (χ4n) is 6.25. The van der Waals surface area contributed by atoms with Gasteiger partial charge in [0.2, 0.25) is 11.8 Å². The topological polar surface area (TPSA) is 66.8 Å². The van der Waals surface area contributed by atoms with Crippen molar-refractivity contribution in [1.82, 2.24) is 0 Å². The normalized spacial score (nSPS) is 26.4. The number of benzene rings is 2. The second kappa shape index (κ2) is 9.12. The first-order chi connectivity index (χ1) is 16.8. The van der Waals surface area contributed by atoms with Crippen LogP contribution in [0, 0.1) is 31.6 Å². The summed E-state index contributed by atoms with van der Waals surface area (Å²) in [5, 5.41) is 10.0. The van der Waals surface area contributed by atoms with Crippen LogP contribution in [-0.2, 0) is 14.3 Å². The van der Waals surface area contributed by atoms with Crippen LogP contribution >= 0.6 is 0 Å². The van der Waals surface area contributed by atoms with E-state index in [1.165, 1.54) is 21.6 Å². The number of aryl methyl sites for hydroxylation is 2. The third kappa shape index (κ3) is 4.12. The van der Waals surface area contributed by atoms with Crippen LogP contribution in [0.25, 0.3) is 6.08 Å². The maximum atomic E-state index is 13.5. The number of carbonyl (C=O) groups excluding carboxylic acids is 2. The lowest BCUT2D eigenvalue weighted by Crippen LogP contribution is -2.34. The molecule has 5 rings (SSSR count). The van der Waals surface area contributed by atoms with E-state index in [1.807, 2.05) is 56.3 Å². The zero-order valence-corrected chi connectivity index (χ0v) is 20.9. The largest absolute Gasteiger partial charge is 0.507 e. The van der Waals surface area contributed by atoms with Gasteiger partial charge in [-0.3, -0.25) is 14.5 Å². The summed E-state index contributed by atoms with van der Waals surface area (Å²) in [5.41, 5.74) is 7.20. The number of para-hydroxylation sites is 1. The molecule has 1 aliphatic carbocycles. The summed E-state index contributed by atoms with van der Waals surface area (Å²) in [6, 6.07) is 13.3. The summed E-state index contributed by atoms with van der Waals surface area (Å²) >= 11 is 0. The summed E-state index contributed by atoms with van der Waals surface area (Å²) in [4.78, 5) is 28.1. The SMILES string of the molecule is CC1=C2[C@@H](CC/C(C)=C/c3cc(C)c(O)c(C)c3)OC[C@@H]2[C@@H]2C(=O)N(c3ccccc3)C(=O)[C@@H]2C1. The summed E-state index contributed by atoms with van der Waals surface area (Å²) in [6.07, 6.45) is 4.51. The molecule has 182 valence electrons. The first kappa shape index (κ1) is 23.6. The van der Waals surface area contributed by atoms with Crippen LogP contribution in [0.2, 0.25) is 0 Å². The minimum Gasteiger partial charge on any atom is -0.507 e. The Bertz CT molecular complexity index is 1220. The molecule has 2 saturated heterocycles. The van der Waals surface area contributed by atoms with Gasteiger partial charge in [-0.1, -0.05) is 35.4 Å². The van der Waals surface area contributed by atoms with Crippen LogP contribution in [0.3, 0.4) is 0 Å². The number of hydrogen-bond donors (Lipinski definition) is 1. The summed E-state index contributed by atoms with van der Waals surface area (Å²) in [6.45, 7) is 8.56. The molecule has 4 atom stereocenters. The van der Waals surface area contributed by atoms with E-state index >= 15 is 0 Å². The molecule has 2 amide bonds. The minimum absolute atomic E-state index is 0.0127. The molecular formula is C30H33NO4. The van der Waals surface area contributed by atoms with Crippen molar-refractivity contribution in [3.05, 3.63) is 75.9 Å². The molecule has 2 aromatic rings. The zero-order valence-electron chi connectivity index (χ0n) is 20.9. The van der Waals surface area contributed by atoms with E-state index < -0.39 is 0 Å². The Morgan fingerprint density at radius 1 is 1.06 bits per heavy atom. The van der Waals surface area contributed by atoms with E-state index in [4.69, 9.17) is 4.74 Å². The Balaban J connectivity index is 1.32. The number of amides is 2. The fourth-order valence-corrected chi connectivity index (χ4v) is 6.25. The molecule has 2 fully saturated rings. The molecule has 5 heteroatoms. The van der Waals surface area contributed by atoms with E-state index in [0.29, 0.717) is 24.5 Å². The minimum atomic E-state index is -0.328.